The number of hydrogen-bond acceptors (Lipinski definition) is 5. The molecule has 3 rings (SSSR count). The van der Waals surface area contributed by atoms with E-state index in [-0.39, 0.29) is 5.75 Å². The molecule has 0 amide bonds. The Labute approximate surface area is 127 Å². The largest absolute Gasteiger partial charge is 0.506 e. The van der Waals surface area contributed by atoms with Gasteiger partial charge < -0.3 is 5.11 Å². The number of thiophene rings is 1. The molecule has 0 atom stereocenters. The average Bonchev–Trinajstić information content (AvgIpc) is 3.02. The van der Waals surface area contributed by atoms with Gasteiger partial charge in [0.05, 0.1) is 6.20 Å². The van der Waals surface area contributed by atoms with E-state index < -0.39 is 10.0 Å². The Morgan fingerprint density at radius 1 is 1.33 bits per heavy atom. The first-order chi connectivity index (χ1) is 10.1. The van der Waals surface area contributed by atoms with E-state index in [0.717, 1.165) is 11.1 Å². The van der Waals surface area contributed by atoms with Crippen LogP contribution in [0.5, 0.6) is 5.75 Å². The van der Waals surface area contributed by atoms with Crippen molar-refractivity contribution in [2.45, 2.75) is 10.6 Å². The second kappa shape index (κ2) is 5.59. The normalized spacial score (nSPS) is 16.7. The molecule has 110 valence electrons. The molecule has 0 bridgehead atoms. The summed E-state index contributed by atoms with van der Waals surface area (Å²) in [6.07, 6.45) is 5.54. The SMILES string of the molecule is O=S(=O)(c1cccs1)N1CC=C(c2cncc(O)c2)CC1. The van der Waals surface area contributed by atoms with Crippen LogP contribution in [0, 0.1) is 0 Å². The molecule has 21 heavy (non-hydrogen) atoms. The zero-order chi connectivity index (χ0) is 14.9. The monoisotopic (exact) mass is 322 g/mol. The third-order valence-electron chi connectivity index (χ3n) is 3.36. The number of nitrogens with zero attached hydrogens (tertiary/aromatic N) is 2. The fourth-order valence-electron chi connectivity index (χ4n) is 2.27. The van der Waals surface area contributed by atoms with Gasteiger partial charge in [-0.25, -0.2) is 8.42 Å². The van der Waals surface area contributed by atoms with Crippen molar-refractivity contribution < 1.29 is 13.5 Å². The van der Waals surface area contributed by atoms with E-state index in [1.165, 1.54) is 21.8 Å². The van der Waals surface area contributed by atoms with Crippen LogP contribution in [-0.2, 0) is 10.0 Å². The van der Waals surface area contributed by atoms with Gasteiger partial charge in [0.2, 0.25) is 0 Å². The minimum atomic E-state index is -3.39. The second-order valence-corrected chi connectivity index (χ2v) is 7.82. The predicted octanol–water partition coefficient (Wildman–Crippen LogP) is 2.33. The van der Waals surface area contributed by atoms with Crippen LogP contribution >= 0.6 is 11.3 Å². The Morgan fingerprint density at radius 2 is 2.19 bits per heavy atom. The van der Waals surface area contributed by atoms with Gasteiger partial charge in [0.25, 0.3) is 10.0 Å². The Bertz CT molecular complexity index is 767. The van der Waals surface area contributed by atoms with Crippen LogP contribution in [-0.4, -0.2) is 35.9 Å². The average molecular weight is 322 g/mol. The van der Waals surface area contributed by atoms with Crippen molar-refractivity contribution >= 4 is 26.9 Å². The van der Waals surface area contributed by atoms with Gasteiger partial charge in [-0.3, -0.25) is 4.98 Å². The molecule has 2 aromatic rings. The Hall–Kier alpha value is -1.70. The van der Waals surface area contributed by atoms with E-state index in [4.69, 9.17) is 0 Å². The molecule has 2 aromatic heterocycles. The lowest BCUT2D eigenvalue weighted by molar-refractivity contribution is 0.442. The third kappa shape index (κ3) is 2.85. The minimum absolute atomic E-state index is 0.113. The Balaban J connectivity index is 1.81. The summed E-state index contributed by atoms with van der Waals surface area (Å²) in [4.78, 5) is 3.95. The summed E-state index contributed by atoms with van der Waals surface area (Å²) >= 11 is 1.23. The van der Waals surface area contributed by atoms with Crippen molar-refractivity contribution in [3.8, 4) is 5.75 Å². The maximum Gasteiger partial charge on any atom is 0.252 e. The predicted molar refractivity (Wildman–Crippen MR) is 81.6 cm³/mol. The second-order valence-electron chi connectivity index (χ2n) is 4.71. The van der Waals surface area contributed by atoms with Crippen LogP contribution in [0.25, 0.3) is 5.57 Å². The quantitative estimate of drug-likeness (QED) is 0.941. The van der Waals surface area contributed by atoms with E-state index in [9.17, 15) is 13.5 Å². The van der Waals surface area contributed by atoms with Gasteiger partial charge in [0.15, 0.2) is 0 Å². The molecular weight excluding hydrogens is 308 g/mol. The summed E-state index contributed by atoms with van der Waals surface area (Å²) in [6, 6.07) is 5.00. The lowest BCUT2D eigenvalue weighted by atomic mass is 10.0. The first-order valence-electron chi connectivity index (χ1n) is 6.44. The molecule has 1 aliphatic heterocycles. The fraction of sp³-hybridized carbons (Fsp3) is 0.214. The molecule has 1 aliphatic rings. The van der Waals surface area contributed by atoms with Crippen LogP contribution < -0.4 is 0 Å². The van der Waals surface area contributed by atoms with Crippen molar-refractivity contribution in [2.24, 2.45) is 0 Å². The van der Waals surface area contributed by atoms with Gasteiger partial charge >= 0.3 is 0 Å². The number of hydrogen-bond donors (Lipinski definition) is 1. The van der Waals surface area contributed by atoms with Gasteiger partial charge in [-0.05, 0) is 35.1 Å². The van der Waals surface area contributed by atoms with Gasteiger partial charge in [-0.1, -0.05) is 12.1 Å². The number of aromatic nitrogens is 1. The van der Waals surface area contributed by atoms with E-state index in [1.807, 2.05) is 6.08 Å². The number of aromatic hydroxyl groups is 1. The summed E-state index contributed by atoms with van der Waals surface area (Å²) in [5.41, 5.74) is 1.85. The number of rotatable bonds is 3. The summed E-state index contributed by atoms with van der Waals surface area (Å²) in [5.74, 6) is 0.113. The topological polar surface area (TPSA) is 70.5 Å². The molecule has 0 spiro atoms. The zero-order valence-electron chi connectivity index (χ0n) is 11.1. The molecule has 0 aliphatic carbocycles. The summed E-state index contributed by atoms with van der Waals surface area (Å²) < 4.78 is 26.6. The molecule has 0 aromatic carbocycles. The first-order valence-corrected chi connectivity index (χ1v) is 8.76. The highest BCUT2D eigenvalue weighted by atomic mass is 32.2. The van der Waals surface area contributed by atoms with Gasteiger partial charge in [-0.15, -0.1) is 11.3 Å². The highest BCUT2D eigenvalue weighted by molar-refractivity contribution is 7.91. The van der Waals surface area contributed by atoms with Crippen molar-refractivity contribution in [2.75, 3.05) is 13.1 Å². The maximum absolute atomic E-state index is 12.4. The van der Waals surface area contributed by atoms with Crippen LogP contribution in [0.15, 0.2) is 46.3 Å². The summed E-state index contributed by atoms with van der Waals surface area (Å²) in [5, 5.41) is 11.2. The lowest BCUT2D eigenvalue weighted by Gasteiger charge is -2.25. The smallest absolute Gasteiger partial charge is 0.252 e. The molecule has 7 heteroatoms. The fourth-order valence-corrected chi connectivity index (χ4v) is 4.80. The van der Waals surface area contributed by atoms with Crippen molar-refractivity contribution in [1.82, 2.24) is 9.29 Å². The van der Waals surface area contributed by atoms with E-state index in [2.05, 4.69) is 4.98 Å². The molecule has 0 saturated carbocycles. The first kappa shape index (κ1) is 14.2. The van der Waals surface area contributed by atoms with Crippen LogP contribution in [0.4, 0.5) is 0 Å². The molecule has 5 nitrogen and oxygen atoms in total. The molecule has 0 fully saturated rings. The number of sulfonamides is 1. The van der Waals surface area contributed by atoms with Crippen LogP contribution in [0.2, 0.25) is 0 Å². The van der Waals surface area contributed by atoms with Crippen molar-refractivity contribution in [3.63, 3.8) is 0 Å². The van der Waals surface area contributed by atoms with E-state index in [0.29, 0.717) is 23.7 Å². The van der Waals surface area contributed by atoms with Crippen LogP contribution in [0.3, 0.4) is 0 Å². The lowest BCUT2D eigenvalue weighted by Crippen LogP contribution is -2.34. The summed E-state index contributed by atoms with van der Waals surface area (Å²) in [6.45, 7) is 0.771. The molecule has 0 radical (unpaired) electrons. The van der Waals surface area contributed by atoms with E-state index in [1.54, 1.807) is 29.8 Å². The standard InChI is InChI=1S/C14H14N2O3S2/c17-13-8-12(9-15-10-13)11-3-5-16(6-4-11)21(18,19)14-2-1-7-20-14/h1-3,7-10,17H,4-6H2. The minimum Gasteiger partial charge on any atom is -0.506 e. The van der Waals surface area contributed by atoms with Gasteiger partial charge in [0, 0.05) is 19.3 Å². The number of pyridine rings is 1. The van der Waals surface area contributed by atoms with Crippen molar-refractivity contribution in [1.29, 1.82) is 0 Å². The van der Waals surface area contributed by atoms with Gasteiger partial charge in [0.1, 0.15) is 9.96 Å². The van der Waals surface area contributed by atoms with Crippen LogP contribution in [0.1, 0.15) is 12.0 Å². The van der Waals surface area contributed by atoms with Crippen molar-refractivity contribution in [3.05, 3.63) is 47.6 Å². The molecule has 0 saturated heterocycles. The third-order valence-corrected chi connectivity index (χ3v) is 6.59. The zero-order valence-corrected chi connectivity index (χ0v) is 12.8. The Kier molecular flexibility index (Phi) is 3.79. The Morgan fingerprint density at radius 3 is 2.81 bits per heavy atom. The highest BCUT2D eigenvalue weighted by Gasteiger charge is 2.27. The maximum atomic E-state index is 12.4. The molecule has 0 unspecified atom stereocenters. The summed E-state index contributed by atoms with van der Waals surface area (Å²) in [7, 11) is -3.39. The molecule has 1 N–H and O–H groups in total. The highest BCUT2D eigenvalue weighted by Crippen LogP contribution is 2.28. The molecular formula is C14H14N2O3S2. The molecule has 3 heterocycles. The van der Waals surface area contributed by atoms with Gasteiger partial charge in [-0.2, -0.15) is 4.31 Å². The van der Waals surface area contributed by atoms with E-state index >= 15 is 0 Å².